The van der Waals surface area contributed by atoms with Crippen LogP contribution in [0.4, 0.5) is 5.69 Å². The third-order valence-corrected chi connectivity index (χ3v) is 6.95. The quantitative estimate of drug-likeness (QED) is 0.653. The highest BCUT2D eigenvalue weighted by Crippen LogP contribution is 2.39. The van der Waals surface area contributed by atoms with E-state index >= 15 is 0 Å². The lowest BCUT2D eigenvalue weighted by molar-refractivity contribution is 0.165. The van der Waals surface area contributed by atoms with Crippen LogP contribution in [0.2, 0.25) is 0 Å². The maximum Gasteiger partial charge on any atom is 0.0687 e. The number of rotatable bonds is 5. The molecule has 2 N–H and O–H groups in total. The number of nitrogens with two attached hydrogens (primary N) is 1. The number of piperidine rings is 1. The second-order valence-electron chi connectivity index (χ2n) is 7.90. The highest BCUT2D eigenvalue weighted by molar-refractivity contribution is 8.00. The molecule has 2 aliphatic rings. The van der Waals surface area contributed by atoms with Gasteiger partial charge in [0.2, 0.25) is 0 Å². The van der Waals surface area contributed by atoms with E-state index in [9.17, 15) is 0 Å². The monoisotopic (exact) mass is 378 g/mol. The zero-order valence-corrected chi connectivity index (χ0v) is 16.4. The van der Waals surface area contributed by atoms with Gasteiger partial charge in [-0.2, -0.15) is 5.10 Å². The molecule has 0 amide bonds. The summed E-state index contributed by atoms with van der Waals surface area (Å²) in [5, 5.41) is 6.69. The average Bonchev–Trinajstić information content (AvgIpc) is 3.40. The summed E-state index contributed by atoms with van der Waals surface area (Å²) in [5.41, 5.74) is 9.32. The molecule has 2 fully saturated rings. The van der Waals surface area contributed by atoms with Crippen LogP contribution in [0.15, 0.2) is 53.6 Å². The molecule has 4 nitrogen and oxygen atoms in total. The SMILES string of the molecule is Nc1ccc2c(cnn2[C@@H]2CCCN(Cc3ccc(SC4CC4)cc3)C2)c1. The number of aromatic nitrogens is 2. The zero-order chi connectivity index (χ0) is 18.2. The number of anilines is 1. The van der Waals surface area contributed by atoms with Gasteiger partial charge in [0, 0.05) is 34.3 Å². The third kappa shape index (κ3) is 3.85. The van der Waals surface area contributed by atoms with Crippen LogP contribution in [0.5, 0.6) is 0 Å². The smallest absolute Gasteiger partial charge is 0.0687 e. The van der Waals surface area contributed by atoms with Crippen molar-refractivity contribution in [2.24, 2.45) is 0 Å². The molecule has 1 saturated heterocycles. The number of thioether (sulfide) groups is 1. The van der Waals surface area contributed by atoms with E-state index in [0.717, 1.165) is 29.4 Å². The number of fused-ring (bicyclic) bond motifs is 1. The van der Waals surface area contributed by atoms with Gasteiger partial charge in [0.05, 0.1) is 17.8 Å². The molecule has 1 aliphatic carbocycles. The lowest BCUT2D eigenvalue weighted by Gasteiger charge is -2.33. The Bertz CT molecular complexity index is 929. The van der Waals surface area contributed by atoms with Crippen LogP contribution in [0.1, 0.15) is 37.3 Å². The molecule has 0 unspecified atom stereocenters. The minimum absolute atomic E-state index is 0.435. The first-order chi connectivity index (χ1) is 13.2. The molecule has 5 rings (SSSR count). The number of likely N-dealkylation sites (tertiary alicyclic amines) is 1. The van der Waals surface area contributed by atoms with Gasteiger partial charge in [-0.1, -0.05) is 12.1 Å². The third-order valence-electron chi connectivity index (χ3n) is 5.60. The molecule has 1 aliphatic heterocycles. The molecule has 0 bridgehead atoms. The van der Waals surface area contributed by atoms with E-state index in [2.05, 4.69) is 45.0 Å². The van der Waals surface area contributed by atoms with E-state index in [1.165, 1.54) is 48.2 Å². The summed E-state index contributed by atoms with van der Waals surface area (Å²) in [5.74, 6) is 0. The Balaban J connectivity index is 1.27. The average molecular weight is 379 g/mol. The van der Waals surface area contributed by atoms with Crippen molar-refractivity contribution >= 4 is 28.4 Å². The Kier molecular flexibility index (Phi) is 4.58. The minimum atomic E-state index is 0.435. The molecule has 0 spiro atoms. The van der Waals surface area contributed by atoms with Gasteiger partial charge in [0.25, 0.3) is 0 Å². The molecular formula is C22H26N4S. The lowest BCUT2D eigenvalue weighted by atomic mass is 10.0. The second kappa shape index (κ2) is 7.21. The van der Waals surface area contributed by atoms with Crippen LogP contribution >= 0.6 is 11.8 Å². The largest absolute Gasteiger partial charge is 0.399 e. The topological polar surface area (TPSA) is 47.1 Å². The van der Waals surface area contributed by atoms with Crippen LogP contribution < -0.4 is 5.73 Å². The van der Waals surface area contributed by atoms with Crippen LogP contribution in [-0.2, 0) is 6.54 Å². The van der Waals surface area contributed by atoms with Crippen molar-refractivity contribution in [2.45, 2.75) is 48.4 Å². The van der Waals surface area contributed by atoms with E-state index in [1.54, 1.807) is 0 Å². The summed E-state index contributed by atoms with van der Waals surface area (Å²) in [6, 6.07) is 15.7. The molecule has 2 heterocycles. The van der Waals surface area contributed by atoms with E-state index in [4.69, 9.17) is 5.73 Å². The zero-order valence-electron chi connectivity index (χ0n) is 15.6. The summed E-state index contributed by atoms with van der Waals surface area (Å²) >= 11 is 2.03. The molecule has 1 saturated carbocycles. The van der Waals surface area contributed by atoms with Gasteiger partial charge < -0.3 is 5.73 Å². The Morgan fingerprint density at radius 3 is 2.74 bits per heavy atom. The summed E-state index contributed by atoms with van der Waals surface area (Å²) in [4.78, 5) is 3.99. The van der Waals surface area contributed by atoms with Crippen molar-refractivity contribution in [3.8, 4) is 0 Å². The molecule has 1 aromatic heterocycles. The first-order valence-electron chi connectivity index (χ1n) is 9.95. The van der Waals surface area contributed by atoms with Gasteiger partial charge >= 0.3 is 0 Å². The molecular weight excluding hydrogens is 352 g/mol. The number of hydrogen-bond acceptors (Lipinski definition) is 4. The second-order valence-corrected chi connectivity index (χ2v) is 9.27. The van der Waals surface area contributed by atoms with Gasteiger partial charge in [0.15, 0.2) is 0 Å². The van der Waals surface area contributed by atoms with Crippen molar-refractivity contribution in [2.75, 3.05) is 18.8 Å². The van der Waals surface area contributed by atoms with E-state index in [1.807, 2.05) is 30.1 Å². The lowest BCUT2D eigenvalue weighted by Crippen LogP contribution is -2.36. The fraction of sp³-hybridized carbons (Fsp3) is 0.409. The number of nitrogen functional groups attached to an aromatic ring is 1. The standard InChI is InChI=1S/C22H26N4S/c23-18-5-10-22-17(12-18)13-24-26(22)19-2-1-11-25(15-19)14-16-3-6-20(7-4-16)27-21-8-9-21/h3-7,10,12-13,19,21H,1-2,8-9,11,14-15,23H2/t19-/m1/s1. The first-order valence-corrected chi connectivity index (χ1v) is 10.8. The van der Waals surface area contributed by atoms with Gasteiger partial charge in [-0.05, 0) is 68.1 Å². The Labute approximate surface area is 164 Å². The summed E-state index contributed by atoms with van der Waals surface area (Å²) in [6.07, 6.45) is 7.12. The molecule has 0 radical (unpaired) electrons. The summed E-state index contributed by atoms with van der Waals surface area (Å²) in [7, 11) is 0. The van der Waals surface area contributed by atoms with Crippen molar-refractivity contribution in [3.63, 3.8) is 0 Å². The van der Waals surface area contributed by atoms with Crippen molar-refractivity contribution in [1.82, 2.24) is 14.7 Å². The molecule has 27 heavy (non-hydrogen) atoms. The summed E-state index contributed by atoms with van der Waals surface area (Å²) < 4.78 is 2.20. The van der Waals surface area contributed by atoms with Crippen LogP contribution in [0.3, 0.4) is 0 Å². The van der Waals surface area contributed by atoms with Gasteiger partial charge in [-0.15, -0.1) is 11.8 Å². The maximum absolute atomic E-state index is 5.91. The molecule has 140 valence electrons. The van der Waals surface area contributed by atoms with Crippen molar-refractivity contribution < 1.29 is 0 Å². The Morgan fingerprint density at radius 1 is 1.07 bits per heavy atom. The minimum Gasteiger partial charge on any atom is -0.399 e. The fourth-order valence-electron chi connectivity index (χ4n) is 4.05. The maximum atomic E-state index is 5.91. The highest BCUT2D eigenvalue weighted by atomic mass is 32.2. The molecule has 1 atom stereocenters. The molecule has 2 aromatic carbocycles. The van der Waals surface area contributed by atoms with Crippen LogP contribution in [0, 0.1) is 0 Å². The molecule has 5 heteroatoms. The normalized spacial score (nSPS) is 21.0. The Morgan fingerprint density at radius 2 is 1.93 bits per heavy atom. The predicted octanol–water partition coefficient (Wildman–Crippen LogP) is 4.71. The Hall–Kier alpha value is -1.98. The predicted molar refractivity (Wildman–Crippen MR) is 113 cm³/mol. The highest BCUT2D eigenvalue weighted by Gasteiger charge is 2.24. The van der Waals surface area contributed by atoms with E-state index in [0.29, 0.717) is 6.04 Å². The first kappa shape index (κ1) is 17.1. The van der Waals surface area contributed by atoms with Gasteiger partial charge in [0.1, 0.15) is 0 Å². The molecule has 3 aromatic rings. The van der Waals surface area contributed by atoms with Crippen LogP contribution in [-0.4, -0.2) is 33.0 Å². The van der Waals surface area contributed by atoms with Gasteiger partial charge in [-0.25, -0.2) is 0 Å². The van der Waals surface area contributed by atoms with E-state index in [-0.39, 0.29) is 0 Å². The number of nitrogens with zero attached hydrogens (tertiary/aromatic N) is 3. The van der Waals surface area contributed by atoms with Crippen molar-refractivity contribution in [1.29, 1.82) is 0 Å². The van der Waals surface area contributed by atoms with Gasteiger partial charge in [-0.3, -0.25) is 9.58 Å². The van der Waals surface area contributed by atoms with Crippen molar-refractivity contribution in [3.05, 3.63) is 54.2 Å². The number of benzene rings is 2. The fourth-order valence-corrected chi connectivity index (χ4v) is 5.10. The van der Waals surface area contributed by atoms with E-state index < -0.39 is 0 Å². The van der Waals surface area contributed by atoms with Crippen LogP contribution in [0.25, 0.3) is 10.9 Å². The summed E-state index contributed by atoms with van der Waals surface area (Å²) in [6.45, 7) is 3.25. The number of hydrogen-bond donors (Lipinski definition) is 1.